The minimum Gasteiger partial charge on any atom is -0.497 e. The summed E-state index contributed by atoms with van der Waals surface area (Å²) in [5.41, 5.74) is 6.04. The van der Waals surface area contributed by atoms with Crippen LogP contribution in [0.2, 0.25) is 0 Å². The van der Waals surface area contributed by atoms with Gasteiger partial charge in [0.15, 0.2) is 0 Å². The number of rotatable bonds is 9. The van der Waals surface area contributed by atoms with Crippen LogP contribution in [0, 0.1) is 5.92 Å². The molecule has 2 amide bonds. The number of anilines is 1. The summed E-state index contributed by atoms with van der Waals surface area (Å²) in [6, 6.07) is 13.8. The number of carbonyl (C=O) groups is 2. The van der Waals surface area contributed by atoms with E-state index in [9.17, 15) is 22.8 Å². The van der Waals surface area contributed by atoms with E-state index >= 15 is 0 Å². The molecule has 1 aromatic heterocycles. The number of amides is 2. The average molecular weight is 689 g/mol. The number of hydrogen-bond acceptors (Lipinski definition) is 9. The zero-order valence-electron chi connectivity index (χ0n) is 27.1. The molecule has 15 heteroatoms. The molecular weight excluding hydrogens is 655 g/mol. The van der Waals surface area contributed by atoms with Crippen molar-refractivity contribution in [2.75, 3.05) is 32.7 Å². The molecule has 1 unspecified atom stereocenters. The van der Waals surface area contributed by atoms with E-state index in [0.29, 0.717) is 42.6 Å². The van der Waals surface area contributed by atoms with E-state index in [0.717, 1.165) is 48.1 Å². The maximum Gasteiger partial charge on any atom is 0.416 e. The number of methoxy groups -OCH3 is 2. The van der Waals surface area contributed by atoms with Crippen molar-refractivity contribution in [3.05, 3.63) is 107 Å². The molecule has 12 nitrogen and oxygen atoms in total. The first-order chi connectivity index (χ1) is 24.1. The maximum atomic E-state index is 13.2. The van der Waals surface area contributed by atoms with Gasteiger partial charge in [0.1, 0.15) is 35.8 Å². The summed E-state index contributed by atoms with van der Waals surface area (Å²) in [6.45, 7) is 1.17. The number of quaternary nitrogens is 1. The van der Waals surface area contributed by atoms with Crippen molar-refractivity contribution in [3.63, 3.8) is 0 Å². The van der Waals surface area contributed by atoms with Gasteiger partial charge in [0.05, 0.1) is 50.3 Å². The van der Waals surface area contributed by atoms with Crippen LogP contribution in [0.15, 0.2) is 94.6 Å². The maximum absolute atomic E-state index is 13.2. The lowest BCUT2D eigenvalue weighted by molar-refractivity contribution is -0.791. The van der Waals surface area contributed by atoms with Gasteiger partial charge in [-0.2, -0.15) is 18.2 Å². The summed E-state index contributed by atoms with van der Waals surface area (Å²) in [5, 5.41) is 2.45. The van der Waals surface area contributed by atoms with E-state index in [1.165, 1.54) is 0 Å². The van der Waals surface area contributed by atoms with Crippen molar-refractivity contribution in [1.82, 2.24) is 15.3 Å². The van der Waals surface area contributed by atoms with Crippen LogP contribution < -0.4 is 20.2 Å². The first-order valence-electron chi connectivity index (χ1n) is 15.9. The fourth-order valence-electron chi connectivity index (χ4n) is 6.63. The van der Waals surface area contributed by atoms with Crippen molar-refractivity contribution in [2.45, 2.75) is 31.6 Å². The van der Waals surface area contributed by atoms with Gasteiger partial charge < -0.3 is 24.4 Å². The van der Waals surface area contributed by atoms with Crippen LogP contribution >= 0.6 is 0 Å². The second-order valence-electron chi connectivity index (χ2n) is 12.1. The van der Waals surface area contributed by atoms with E-state index in [1.807, 2.05) is 18.3 Å². The molecule has 3 aromatic rings. The van der Waals surface area contributed by atoms with Gasteiger partial charge in [-0.3, -0.25) is 9.79 Å². The van der Waals surface area contributed by atoms with Crippen molar-refractivity contribution in [2.24, 2.45) is 15.9 Å². The SMILES string of the molecule is COc1ccc(CN[N+]23C=CN=CC2=C([C@H]2CC[C@H]4COC(=O)N4C2)N=C3c2ccc(C(=O)Nc3cc(C(F)(F)F)ccn3)cc2)c(OC)c1. The van der Waals surface area contributed by atoms with E-state index < -0.39 is 17.6 Å². The molecule has 2 aromatic carbocycles. The third kappa shape index (κ3) is 6.09. The first kappa shape index (κ1) is 33.0. The zero-order chi connectivity index (χ0) is 35.0. The lowest BCUT2D eigenvalue weighted by Gasteiger charge is -2.34. The molecule has 2 N–H and O–H groups in total. The van der Waals surface area contributed by atoms with Gasteiger partial charge in [-0.1, -0.05) is 6.07 Å². The number of ether oxygens (including phenoxy) is 3. The number of halogens is 3. The predicted molar refractivity (Wildman–Crippen MR) is 176 cm³/mol. The highest BCUT2D eigenvalue weighted by atomic mass is 19.4. The highest BCUT2D eigenvalue weighted by Gasteiger charge is 2.50. The smallest absolute Gasteiger partial charge is 0.416 e. The molecule has 4 aliphatic heterocycles. The number of cyclic esters (lactones) is 1. The number of carbonyl (C=O) groups excluding carboxylic acids is 2. The molecule has 0 radical (unpaired) electrons. The van der Waals surface area contributed by atoms with Crippen molar-refractivity contribution >= 4 is 29.9 Å². The highest BCUT2D eigenvalue weighted by Crippen LogP contribution is 2.41. The molecule has 2 fully saturated rings. The minimum atomic E-state index is -4.58. The Morgan fingerprint density at radius 1 is 1.08 bits per heavy atom. The van der Waals surface area contributed by atoms with Gasteiger partial charge in [0, 0.05) is 35.9 Å². The number of alkyl halides is 3. The minimum absolute atomic E-state index is 0.0158. The molecule has 0 aliphatic carbocycles. The van der Waals surface area contributed by atoms with Crippen molar-refractivity contribution in [3.8, 4) is 11.5 Å². The number of amidine groups is 1. The van der Waals surface area contributed by atoms with E-state index in [2.05, 4.69) is 20.7 Å². The van der Waals surface area contributed by atoms with Gasteiger partial charge in [-0.05, 0) is 55.3 Å². The lowest BCUT2D eigenvalue weighted by atomic mass is 9.90. The van der Waals surface area contributed by atoms with Crippen LogP contribution in [-0.4, -0.2) is 71.9 Å². The topological polar surface area (TPSA) is 127 Å². The van der Waals surface area contributed by atoms with Crippen LogP contribution in [0.1, 0.15) is 39.9 Å². The number of benzene rings is 2. The second-order valence-corrected chi connectivity index (χ2v) is 12.1. The van der Waals surface area contributed by atoms with Crippen LogP contribution in [0.3, 0.4) is 0 Å². The summed E-state index contributed by atoms with van der Waals surface area (Å²) in [6.07, 6.45) is 2.98. The third-order valence-electron chi connectivity index (χ3n) is 9.25. The van der Waals surface area contributed by atoms with E-state index in [-0.39, 0.29) is 34.0 Å². The predicted octanol–water partition coefficient (Wildman–Crippen LogP) is 5.65. The van der Waals surface area contributed by atoms with Gasteiger partial charge in [-0.25, -0.2) is 9.78 Å². The number of fused-ring (bicyclic) bond motifs is 2. The Morgan fingerprint density at radius 2 is 1.90 bits per heavy atom. The third-order valence-corrected chi connectivity index (χ3v) is 9.25. The molecule has 0 saturated carbocycles. The zero-order valence-corrected chi connectivity index (χ0v) is 27.1. The standard InChI is InChI=1S/C35H32F3N7O5/c1-48-27-10-8-23(29(16-27)49-2)17-41-45-14-13-39-18-28(45)31(24-7-9-26-20-50-34(47)44(26)19-24)43-32(45)21-3-5-22(6-4-21)33(46)42-30-15-25(11-12-40-30)35(36,37)38/h3-6,8,10-16,18,24,26,41H,7,9,17,19-20H2,1-2H3/p+1/t24-,26-,45?/m0/s1. The Balaban J connectivity index is 1.22. The normalized spacial score (nSPS) is 22.5. The lowest BCUT2D eigenvalue weighted by Crippen LogP contribution is -2.56. The molecule has 258 valence electrons. The summed E-state index contributed by atoms with van der Waals surface area (Å²) in [5.74, 6) is 0.945. The quantitative estimate of drug-likeness (QED) is 0.279. The average Bonchev–Trinajstić information content (AvgIpc) is 3.68. The first-order valence-corrected chi connectivity index (χ1v) is 15.9. The Labute approximate surface area is 285 Å². The summed E-state index contributed by atoms with van der Waals surface area (Å²) in [4.78, 5) is 40.9. The Kier molecular flexibility index (Phi) is 8.61. The number of nitrogens with one attached hydrogen (secondary N) is 2. The summed E-state index contributed by atoms with van der Waals surface area (Å²) < 4.78 is 55.9. The highest BCUT2D eigenvalue weighted by molar-refractivity contribution is 6.05. The molecule has 0 spiro atoms. The van der Waals surface area contributed by atoms with E-state index in [1.54, 1.807) is 61.9 Å². The van der Waals surface area contributed by atoms with Gasteiger partial charge in [0.25, 0.3) is 11.7 Å². The molecule has 2 saturated heterocycles. The molecular formula is C35H33F3N7O5+. The Morgan fingerprint density at radius 3 is 2.66 bits per heavy atom. The van der Waals surface area contributed by atoms with Crippen LogP contribution in [0.25, 0.3) is 0 Å². The largest absolute Gasteiger partial charge is 0.497 e. The van der Waals surface area contributed by atoms with Gasteiger partial charge in [-0.15, -0.1) is 10.0 Å². The monoisotopic (exact) mass is 688 g/mol. The fourth-order valence-corrected chi connectivity index (χ4v) is 6.63. The van der Waals surface area contributed by atoms with Gasteiger partial charge in [0.2, 0.25) is 5.70 Å². The number of nitrogens with zero attached hydrogens (tertiary/aromatic N) is 5. The van der Waals surface area contributed by atoms with Crippen LogP contribution in [0.4, 0.5) is 23.8 Å². The molecule has 4 aliphatic rings. The molecule has 7 rings (SSSR count). The molecule has 5 heterocycles. The van der Waals surface area contributed by atoms with E-state index in [4.69, 9.17) is 19.2 Å². The Hall–Kier alpha value is -5.54. The fraction of sp³-hybridized carbons (Fsp3) is 0.286. The number of piperidine rings is 1. The van der Waals surface area contributed by atoms with Gasteiger partial charge >= 0.3 is 12.3 Å². The number of aromatic nitrogens is 1. The molecule has 3 atom stereocenters. The summed E-state index contributed by atoms with van der Waals surface area (Å²) >= 11 is 0. The molecule has 0 bridgehead atoms. The summed E-state index contributed by atoms with van der Waals surface area (Å²) in [7, 11) is 3.17. The number of pyridine rings is 1. The number of aliphatic imine (C=N–C) groups is 2. The van der Waals surface area contributed by atoms with Crippen LogP contribution in [-0.2, 0) is 17.5 Å². The van der Waals surface area contributed by atoms with Crippen LogP contribution in [0.5, 0.6) is 11.5 Å². The number of allylic oxidation sites excluding steroid dienone is 1. The number of hydrogen-bond donors (Lipinski definition) is 2. The van der Waals surface area contributed by atoms with Crippen molar-refractivity contribution in [1.29, 1.82) is 0 Å². The van der Waals surface area contributed by atoms with Crippen molar-refractivity contribution < 1.29 is 41.6 Å². The molecule has 50 heavy (non-hydrogen) atoms. The second kappa shape index (κ2) is 13.1. The Bertz CT molecular complexity index is 1960.